The number of carbonyl (C=O) groups is 1. The van der Waals surface area contributed by atoms with Crippen molar-refractivity contribution in [2.75, 3.05) is 6.61 Å². The van der Waals surface area contributed by atoms with E-state index in [1.807, 2.05) is 6.92 Å². The Kier molecular flexibility index (Phi) is 7.11. The number of hydrogen-bond donors (Lipinski definition) is 0. The van der Waals surface area contributed by atoms with Gasteiger partial charge < -0.3 is 4.74 Å². The first kappa shape index (κ1) is 15.2. The maximum Gasteiger partial charge on any atom is 0.306 e. The summed E-state index contributed by atoms with van der Waals surface area (Å²) in [5, 5.41) is 0. The van der Waals surface area contributed by atoms with E-state index in [9.17, 15) is 4.79 Å². The Morgan fingerprint density at radius 2 is 1.94 bits per heavy atom. The Labute approximate surface area is 100 Å². The largest absolute Gasteiger partial charge is 0.466 e. The minimum atomic E-state index is -0.0997. The van der Waals surface area contributed by atoms with E-state index >= 15 is 0 Å². The molecule has 0 amide bonds. The summed E-state index contributed by atoms with van der Waals surface area (Å²) in [6.07, 6.45) is 4.43. The highest BCUT2D eigenvalue weighted by Crippen LogP contribution is 2.25. The predicted octanol–water partition coefficient (Wildman–Crippen LogP) is 4.10. The molecule has 0 aromatic carbocycles. The molecule has 0 aromatic heterocycles. The Morgan fingerprint density at radius 1 is 1.31 bits per heavy atom. The van der Waals surface area contributed by atoms with Crippen molar-refractivity contribution in [3.05, 3.63) is 12.2 Å². The van der Waals surface area contributed by atoms with Crippen molar-refractivity contribution in [1.29, 1.82) is 0 Å². The highest BCUT2D eigenvalue weighted by atomic mass is 16.5. The van der Waals surface area contributed by atoms with Crippen LogP contribution in [0.3, 0.4) is 0 Å². The second-order valence-electron chi connectivity index (χ2n) is 5.30. The number of hydrogen-bond acceptors (Lipinski definition) is 2. The molecule has 0 radical (unpaired) electrons. The molecule has 94 valence electrons. The van der Waals surface area contributed by atoms with Crippen molar-refractivity contribution in [1.82, 2.24) is 0 Å². The van der Waals surface area contributed by atoms with Crippen molar-refractivity contribution in [3.63, 3.8) is 0 Å². The summed E-state index contributed by atoms with van der Waals surface area (Å²) < 4.78 is 5.15. The third kappa shape index (κ3) is 8.51. The maximum atomic E-state index is 11.3. The van der Waals surface area contributed by atoms with Gasteiger partial charge in [0.05, 0.1) is 6.61 Å². The molecule has 16 heavy (non-hydrogen) atoms. The van der Waals surface area contributed by atoms with Crippen LogP contribution in [0.4, 0.5) is 0 Å². The van der Waals surface area contributed by atoms with Crippen LogP contribution in [0.2, 0.25) is 0 Å². The number of allylic oxidation sites excluding steroid dienone is 1. The average molecular weight is 226 g/mol. The lowest BCUT2D eigenvalue weighted by Gasteiger charge is -2.21. The SMILES string of the molecule is C=C(C)CCC(=O)OCCCC(C)(C)CC. The molecule has 0 saturated carbocycles. The molecule has 0 rings (SSSR count). The van der Waals surface area contributed by atoms with Crippen LogP contribution in [0.5, 0.6) is 0 Å². The third-order valence-corrected chi connectivity index (χ3v) is 2.97. The van der Waals surface area contributed by atoms with Crippen LogP contribution in [0, 0.1) is 5.41 Å². The zero-order chi connectivity index (χ0) is 12.6. The van der Waals surface area contributed by atoms with E-state index in [4.69, 9.17) is 4.74 Å². The van der Waals surface area contributed by atoms with E-state index in [1.54, 1.807) is 0 Å². The summed E-state index contributed by atoms with van der Waals surface area (Å²) in [4.78, 5) is 11.3. The standard InChI is InChI=1S/C14H26O2/c1-6-14(4,5)10-7-11-16-13(15)9-8-12(2)3/h2,6-11H2,1,3-5H3. The molecular formula is C14H26O2. The van der Waals surface area contributed by atoms with Gasteiger partial charge in [0.2, 0.25) is 0 Å². The van der Waals surface area contributed by atoms with Crippen LogP contribution in [-0.4, -0.2) is 12.6 Å². The van der Waals surface area contributed by atoms with Crippen molar-refractivity contribution >= 4 is 5.97 Å². The van der Waals surface area contributed by atoms with E-state index in [0.717, 1.165) is 31.3 Å². The fourth-order valence-corrected chi connectivity index (χ4v) is 1.30. The van der Waals surface area contributed by atoms with Crippen LogP contribution in [0.25, 0.3) is 0 Å². The molecule has 0 fully saturated rings. The summed E-state index contributed by atoms with van der Waals surface area (Å²) >= 11 is 0. The van der Waals surface area contributed by atoms with E-state index in [-0.39, 0.29) is 5.97 Å². The van der Waals surface area contributed by atoms with Crippen LogP contribution in [0.1, 0.15) is 59.8 Å². The Hall–Kier alpha value is -0.790. The van der Waals surface area contributed by atoms with Gasteiger partial charge in [0, 0.05) is 6.42 Å². The van der Waals surface area contributed by atoms with Gasteiger partial charge in [-0.2, -0.15) is 0 Å². The van der Waals surface area contributed by atoms with Crippen molar-refractivity contribution in [3.8, 4) is 0 Å². The van der Waals surface area contributed by atoms with Crippen LogP contribution < -0.4 is 0 Å². The Balaban J connectivity index is 3.52. The van der Waals surface area contributed by atoms with Gasteiger partial charge in [-0.05, 0) is 31.6 Å². The van der Waals surface area contributed by atoms with Gasteiger partial charge in [-0.25, -0.2) is 0 Å². The summed E-state index contributed by atoms with van der Waals surface area (Å²) in [5.74, 6) is -0.0997. The van der Waals surface area contributed by atoms with Crippen LogP contribution in [0.15, 0.2) is 12.2 Å². The number of ether oxygens (including phenoxy) is 1. The first-order chi connectivity index (χ1) is 7.37. The fourth-order valence-electron chi connectivity index (χ4n) is 1.30. The Bertz CT molecular complexity index is 229. The molecule has 2 heteroatoms. The van der Waals surface area contributed by atoms with E-state index < -0.39 is 0 Å². The molecule has 0 saturated heterocycles. The molecule has 0 aliphatic heterocycles. The second kappa shape index (κ2) is 7.48. The average Bonchev–Trinajstić information content (AvgIpc) is 2.21. The minimum Gasteiger partial charge on any atom is -0.466 e. The number of rotatable bonds is 8. The van der Waals surface area contributed by atoms with Gasteiger partial charge in [0.25, 0.3) is 0 Å². The minimum absolute atomic E-state index is 0.0997. The molecule has 0 bridgehead atoms. The van der Waals surface area contributed by atoms with Crippen LogP contribution >= 0.6 is 0 Å². The van der Waals surface area contributed by atoms with E-state index in [1.165, 1.54) is 0 Å². The molecule has 0 N–H and O–H groups in total. The van der Waals surface area contributed by atoms with Gasteiger partial charge in [-0.15, -0.1) is 6.58 Å². The van der Waals surface area contributed by atoms with E-state index in [2.05, 4.69) is 27.4 Å². The van der Waals surface area contributed by atoms with Gasteiger partial charge in [-0.3, -0.25) is 4.79 Å². The lowest BCUT2D eigenvalue weighted by molar-refractivity contribution is -0.143. The van der Waals surface area contributed by atoms with Gasteiger partial charge in [0.15, 0.2) is 0 Å². The molecule has 0 atom stereocenters. The molecule has 0 heterocycles. The van der Waals surface area contributed by atoms with Gasteiger partial charge >= 0.3 is 5.97 Å². The summed E-state index contributed by atoms with van der Waals surface area (Å²) in [7, 11) is 0. The predicted molar refractivity (Wildman–Crippen MR) is 68.3 cm³/mol. The molecule has 0 aromatic rings. The quantitative estimate of drug-likeness (QED) is 0.354. The molecular weight excluding hydrogens is 200 g/mol. The highest BCUT2D eigenvalue weighted by molar-refractivity contribution is 5.69. The second-order valence-corrected chi connectivity index (χ2v) is 5.30. The highest BCUT2D eigenvalue weighted by Gasteiger charge is 2.14. The van der Waals surface area contributed by atoms with Crippen LogP contribution in [-0.2, 0) is 9.53 Å². The summed E-state index contributed by atoms with van der Waals surface area (Å²) in [6.45, 7) is 12.9. The lowest BCUT2D eigenvalue weighted by atomic mass is 9.85. The zero-order valence-corrected chi connectivity index (χ0v) is 11.3. The van der Waals surface area contributed by atoms with Crippen molar-refractivity contribution in [2.45, 2.75) is 59.8 Å². The maximum absolute atomic E-state index is 11.3. The molecule has 0 aliphatic carbocycles. The third-order valence-electron chi connectivity index (χ3n) is 2.97. The summed E-state index contributed by atoms with van der Waals surface area (Å²) in [5.41, 5.74) is 1.40. The first-order valence-electron chi connectivity index (χ1n) is 6.17. The smallest absolute Gasteiger partial charge is 0.306 e. The van der Waals surface area contributed by atoms with Gasteiger partial charge in [-0.1, -0.05) is 32.8 Å². The van der Waals surface area contributed by atoms with E-state index in [0.29, 0.717) is 18.4 Å². The topological polar surface area (TPSA) is 26.3 Å². The molecule has 0 unspecified atom stereocenters. The molecule has 2 nitrogen and oxygen atoms in total. The zero-order valence-electron chi connectivity index (χ0n) is 11.3. The lowest BCUT2D eigenvalue weighted by Crippen LogP contribution is -2.12. The van der Waals surface area contributed by atoms with Crippen molar-refractivity contribution in [2.24, 2.45) is 5.41 Å². The number of esters is 1. The first-order valence-corrected chi connectivity index (χ1v) is 6.17. The number of carbonyl (C=O) groups excluding carboxylic acids is 1. The molecule has 0 aliphatic rings. The van der Waals surface area contributed by atoms with Crippen molar-refractivity contribution < 1.29 is 9.53 Å². The summed E-state index contributed by atoms with van der Waals surface area (Å²) in [6, 6.07) is 0. The monoisotopic (exact) mass is 226 g/mol. The van der Waals surface area contributed by atoms with Gasteiger partial charge in [0.1, 0.15) is 0 Å². The Morgan fingerprint density at radius 3 is 2.44 bits per heavy atom. The fraction of sp³-hybridized carbons (Fsp3) is 0.786. The molecule has 0 spiro atoms. The normalized spacial score (nSPS) is 11.2.